The minimum Gasteiger partial charge on any atom is -0.462 e. The summed E-state index contributed by atoms with van der Waals surface area (Å²) >= 11 is 0. The summed E-state index contributed by atoms with van der Waals surface area (Å²) in [5, 5.41) is 0. The Kier molecular flexibility index (Phi) is 13.0. The van der Waals surface area contributed by atoms with E-state index in [0.717, 1.165) is 34.9 Å². The molecule has 0 aromatic rings. The molecule has 0 saturated heterocycles. The summed E-state index contributed by atoms with van der Waals surface area (Å²) in [5.74, 6) is -0.627. The van der Waals surface area contributed by atoms with Crippen LogP contribution in [0.1, 0.15) is 19.8 Å². The van der Waals surface area contributed by atoms with Crippen molar-refractivity contribution in [2.75, 3.05) is 68.6 Å². The van der Waals surface area contributed by atoms with E-state index in [9.17, 15) is 9.59 Å². The van der Waals surface area contributed by atoms with Gasteiger partial charge in [-0.3, -0.25) is 0 Å². The summed E-state index contributed by atoms with van der Waals surface area (Å²) < 4.78 is 11.6. The molecule has 0 bridgehead atoms. The van der Waals surface area contributed by atoms with Crippen molar-refractivity contribution in [1.82, 2.24) is 0 Å². The van der Waals surface area contributed by atoms with Gasteiger partial charge in [0.05, 0.1) is 68.6 Å². The third kappa shape index (κ3) is 22.3. The Morgan fingerprint density at radius 2 is 1.28 bits per heavy atom. The monoisotopic (exact) mass is 358 g/mol. The molecule has 0 fully saturated rings. The fraction of sp³-hybridized carbons (Fsp3) is 0.684. The first-order chi connectivity index (χ1) is 11.3. The number of carbonyl (C=O) groups is 2. The van der Waals surface area contributed by atoms with Crippen molar-refractivity contribution in [1.29, 1.82) is 0 Å². The van der Waals surface area contributed by atoms with Crippen LogP contribution in [0.4, 0.5) is 0 Å². The summed E-state index contributed by atoms with van der Waals surface area (Å²) in [6.07, 6.45) is 2.97. The third-order valence-corrected chi connectivity index (χ3v) is 2.94. The Bertz CT molecular complexity index is 432. The standard InChI is InChI=1S/C10H20NO2.C9H18NO2/c1-9(2)10(12)13-8-6-7-11(3,4)5;1-5-9(11)12-8-6-7-10(2,3)4/h1,6-8H2,2-5H3;5H,1,6-8H2,2-4H3/q2*+1. The summed E-state index contributed by atoms with van der Waals surface area (Å²) in [5.41, 5.74) is 0.463. The van der Waals surface area contributed by atoms with E-state index in [-0.39, 0.29) is 11.9 Å². The van der Waals surface area contributed by atoms with Crippen LogP contribution in [-0.2, 0) is 19.1 Å². The molecule has 0 spiro atoms. The van der Waals surface area contributed by atoms with Crippen LogP contribution in [0.2, 0.25) is 0 Å². The summed E-state index contributed by atoms with van der Waals surface area (Å²) in [7, 11) is 12.7. The van der Waals surface area contributed by atoms with E-state index in [1.165, 1.54) is 6.08 Å². The number of hydrogen-bond donors (Lipinski definition) is 0. The number of nitrogens with zero attached hydrogens (tertiary/aromatic N) is 2. The number of carbonyl (C=O) groups excluding carboxylic acids is 2. The quantitative estimate of drug-likeness (QED) is 0.259. The van der Waals surface area contributed by atoms with Gasteiger partial charge >= 0.3 is 11.9 Å². The number of hydrogen-bond acceptors (Lipinski definition) is 4. The molecule has 0 aromatic carbocycles. The van der Waals surface area contributed by atoms with Crippen LogP contribution in [0.3, 0.4) is 0 Å². The zero-order valence-corrected chi connectivity index (χ0v) is 17.3. The van der Waals surface area contributed by atoms with Crippen molar-refractivity contribution in [3.63, 3.8) is 0 Å². The normalized spacial score (nSPS) is 11.0. The van der Waals surface area contributed by atoms with Gasteiger partial charge in [-0.15, -0.1) is 0 Å². The first kappa shape index (κ1) is 25.6. The Morgan fingerprint density at radius 3 is 1.60 bits per heavy atom. The zero-order valence-electron chi connectivity index (χ0n) is 17.3. The molecule has 0 aromatic heterocycles. The maximum absolute atomic E-state index is 10.9. The van der Waals surface area contributed by atoms with Gasteiger partial charge in [0.25, 0.3) is 0 Å². The van der Waals surface area contributed by atoms with Gasteiger partial charge in [0.15, 0.2) is 0 Å². The highest BCUT2D eigenvalue weighted by molar-refractivity contribution is 5.86. The Balaban J connectivity index is 0. The molecule has 0 aliphatic heterocycles. The van der Waals surface area contributed by atoms with E-state index in [0.29, 0.717) is 18.8 Å². The van der Waals surface area contributed by atoms with Gasteiger partial charge in [-0.05, 0) is 6.92 Å². The lowest BCUT2D eigenvalue weighted by atomic mass is 10.3. The van der Waals surface area contributed by atoms with Crippen LogP contribution in [-0.4, -0.2) is 89.5 Å². The molecule has 146 valence electrons. The van der Waals surface area contributed by atoms with E-state index in [4.69, 9.17) is 9.47 Å². The lowest BCUT2D eigenvalue weighted by Gasteiger charge is -2.23. The SMILES string of the molecule is C=C(C)C(=O)OCCC[N+](C)(C)C.C=CC(=O)OCCC[N+](C)(C)C. The highest BCUT2D eigenvalue weighted by atomic mass is 16.5. The van der Waals surface area contributed by atoms with Crippen LogP contribution in [0, 0.1) is 0 Å². The van der Waals surface area contributed by atoms with Gasteiger partial charge in [0.2, 0.25) is 0 Å². The molecule has 0 aliphatic carbocycles. The molecule has 25 heavy (non-hydrogen) atoms. The van der Waals surface area contributed by atoms with Crippen LogP contribution in [0.5, 0.6) is 0 Å². The van der Waals surface area contributed by atoms with Crippen molar-refractivity contribution >= 4 is 11.9 Å². The fourth-order valence-electron chi connectivity index (χ4n) is 1.60. The Hall–Kier alpha value is -1.66. The van der Waals surface area contributed by atoms with Gasteiger partial charge in [-0.1, -0.05) is 13.2 Å². The minimum absolute atomic E-state index is 0.290. The van der Waals surface area contributed by atoms with Crippen LogP contribution in [0.25, 0.3) is 0 Å². The average molecular weight is 359 g/mol. The second kappa shape index (κ2) is 12.7. The molecule has 0 aliphatic rings. The largest absolute Gasteiger partial charge is 0.462 e. The van der Waals surface area contributed by atoms with Gasteiger partial charge in [0, 0.05) is 24.5 Å². The summed E-state index contributed by atoms with van der Waals surface area (Å²) in [6.45, 7) is 11.5. The van der Waals surface area contributed by atoms with E-state index in [1.807, 2.05) is 0 Å². The number of rotatable bonds is 10. The molecule has 0 unspecified atom stereocenters. The molecule has 6 heteroatoms. The van der Waals surface area contributed by atoms with Crippen LogP contribution >= 0.6 is 0 Å². The van der Waals surface area contributed by atoms with E-state index < -0.39 is 0 Å². The van der Waals surface area contributed by atoms with Crippen molar-refractivity contribution in [2.45, 2.75) is 19.8 Å². The van der Waals surface area contributed by atoms with Crippen molar-refractivity contribution in [2.24, 2.45) is 0 Å². The zero-order chi connectivity index (χ0) is 20.1. The van der Waals surface area contributed by atoms with Gasteiger partial charge in [0.1, 0.15) is 0 Å². The first-order valence-corrected chi connectivity index (χ1v) is 8.51. The predicted octanol–water partition coefficient (Wildman–Crippen LogP) is 2.01. The maximum atomic E-state index is 10.9. The second-order valence-corrected chi connectivity index (χ2v) is 8.02. The molecule has 0 amide bonds. The second-order valence-electron chi connectivity index (χ2n) is 8.02. The van der Waals surface area contributed by atoms with Gasteiger partial charge in [-0.2, -0.15) is 0 Å². The number of ether oxygens (including phenoxy) is 2. The summed E-state index contributed by atoms with van der Waals surface area (Å²) in [6, 6.07) is 0. The Labute approximate surface area is 153 Å². The third-order valence-electron chi connectivity index (χ3n) is 2.94. The molecule has 0 radical (unpaired) electrons. The van der Waals surface area contributed by atoms with E-state index >= 15 is 0 Å². The van der Waals surface area contributed by atoms with Crippen LogP contribution in [0.15, 0.2) is 24.8 Å². The molecule has 0 heterocycles. The summed E-state index contributed by atoms with van der Waals surface area (Å²) in [4.78, 5) is 21.5. The molecule has 0 atom stereocenters. The lowest BCUT2D eigenvalue weighted by Crippen LogP contribution is -2.35. The number of esters is 2. The Morgan fingerprint density at radius 1 is 0.880 bits per heavy atom. The maximum Gasteiger partial charge on any atom is 0.333 e. The average Bonchev–Trinajstić information content (AvgIpc) is 2.46. The molecule has 0 rings (SSSR count). The predicted molar refractivity (Wildman–Crippen MR) is 102 cm³/mol. The van der Waals surface area contributed by atoms with E-state index in [2.05, 4.69) is 55.4 Å². The van der Waals surface area contributed by atoms with E-state index in [1.54, 1.807) is 6.92 Å². The fourth-order valence-corrected chi connectivity index (χ4v) is 1.60. The first-order valence-electron chi connectivity index (χ1n) is 8.51. The topological polar surface area (TPSA) is 52.6 Å². The molecule has 0 N–H and O–H groups in total. The highest BCUT2D eigenvalue weighted by Crippen LogP contribution is 1.97. The van der Waals surface area contributed by atoms with Gasteiger partial charge in [-0.25, -0.2) is 9.59 Å². The molecular formula is C19H38N2O4+2. The molecular weight excluding hydrogens is 320 g/mol. The van der Waals surface area contributed by atoms with Crippen molar-refractivity contribution in [3.8, 4) is 0 Å². The molecule has 6 nitrogen and oxygen atoms in total. The molecule has 0 saturated carbocycles. The highest BCUT2D eigenvalue weighted by Gasteiger charge is 2.08. The van der Waals surface area contributed by atoms with Crippen molar-refractivity contribution < 1.29 is 28.0 Å². The van der Waals surface area contributed by atoms with Crippen molar-refractivity contribution in [3.05, 3.63) is 24.8 Å². The minimum atomic E-state index is -0.337. The van der Waals surface area contributed by atoms with Gasteiger partial charge < -0.3 is 18.4 Å². The number of quaternary nitrogens is 2. The smallest absolute Gasteiger partial charge is 0.333 e. The lowest BCUT2D eigenvalue weighted by molar-refractivity contribution is -0.870. The van der Waals surface area contributed by atoms with Crippen LogP contribution < -0.4 is 0 Å².